The molecular formula is C52H48N4O5S. The summed E-state index contributed by atoms with van der Waals surface area (Å²) in [7, 11) is 0. The number of likely N-dealkylation sites (tertiary alicyclic amines) is 1. The van der Waals surface area contributed by atoms with Crippen LogP contribution in [0.25, 0.3) is 11.1 Å². The van der Waals surface area contributed by atoms with Gasteiger partial charge in [-0.3, -0.25) is 14.5 Å². The average molecular weight is 841 g/mol. The van der Waals surface area contributed by atoms with Gasteiger partial charge in [0.15, 0.2) is 0 Å². The first-order valence-electron chi connectivity index (χ1n) is 20.8. The van der Waals surface area contributed by atoms with E-state index in [0.29, 0.717) is 5.56 Å². The Morgan fingerprint density at radius 2 is 1.24 bits per heavy atom. The second-order valence-corrected chi connectivity index (χ2v) is 18.3. The number of amides is 3. The van der Waals surface area contributed by atoms with Gasteiger partial charge in [-0.1, -0.05) is 152 Å². The van der Waals surface area contributed by atoms with Crippen LogP contribution in [0.3, 0.4) is 0 Å². The van der Waals surface area contributed by atoms with Crippen LogP contribution >= 0.6 is 11.8 Å². The summed E-state index contributed by atoms with van der Waals surface area (Å²) < 4.78 is -2.14. The molecule has 3 amide bonds. The molecule has 0 spiro atoms. The zero-order valence-electron chi connectivity index (χ0n) is 34.6. The molecule has 1 saturated heterocycles. The molecule has 9 nitrogen and oxygen atoms in total. The molecule has 2 aliphatic rings. The highest BCUT2D eigenvalue weighted by atomic mass is 32.2. The molecule has 3 atom stereocenters. The molecule has 0 unspecified atom stereocenters. The molecule has 10 heteroatoms. The Kier molecular flexibility index (Phi) is 12.0. The van der Waals surface area contributed by atoms with Crippen molar-refractivity contribution in [3.63, 3.8) is 0 Å². The summed E-state index contributed by atoms with van der Waals surface area (Å²) in [6.45, 7) is 3.80. The topological polar surface area (TPSA) is 134 Å². The first kappa shape index (κ1) is 42.0. The number of hydrogen-bond donors (Lipinski definition) is 3. The molecule has 3 N–H and O–H groups in total. The summed E-state index contributed by atoms with van der Waals surface area (Å²) in [6, 6.07) is 52.7. The van der Waals surface area contributed by atoms with Crippen molar-refractivity contribution in [2.45, 2.75) is 60.4 Å². The number of carbonyl (C=O) groups excluding carboxylic acids is 2. The van der Waals surface area contributed by atoms with Crippen LogP contribution in [0.5, 0.6) is 0 Å². The lowest BCUT2D eigenvalue weighted by molar-refractivity contribution is -0.143. The van der Waals surface area contributed by atoms with E-state index >= 15 is 4.79 Å². The normalized spacial score (nSPS) is 16.5. The third-order valence-corrected chi connectivity index (χ3v) is 13.9. The van der Waals surface area contributed by atoms with E-state index in [2.05, 4.69) is 47.8 Å². The minimum atomic E-state index is -1.35. The fourth-order valence-electron chi connectivity index (χ4n) is 9.37. The smallest absolute Gasteiger partial charge is 0.408 e. The van der Waals surface area contributed by atoms with Crippen molar-refractivity contribution in [2.24, 2.45) is 0 Å². The lowest BCUT2D eigenvalue weighted by Gasteiger charge is -2.47. The minimum Gasteiger partial charge on any atom is -0.465 e. The largest absolute Gasteiger partial charge is 0.465 e. The van der Waals surface area contributed by atoms with Gasteiger partial charge < -0.3 is 20.4 Å². The first-order chi connectivity index (χ1) is 30.0. The van der Waals surface area contributed by atoms with Crippen LogP contribution < -0.4 is 5.32 Å². The molecule has 6 aromatic carbocycles. The third kappa shape index (κ3) is 8.09. The highest BCUT2D eigenvalue weighted by molar-refractivity contribution is 8.02. The molecule has 0 saturated carbocycles. The number of thioether (sulfide) groups is 1. The number of nitrogens with zero attached hydrogens (tertiary/aromatic N) is 3. The average Bonchev–Trinajstić information content (AvgIpc) is 3.85. The second kappa shape index (κ2) is 17.7. The summed E-state index contributed by atoms with van der Waals surface area (Å²) >= 11 is 1.51. The van der Waals surface area contributed by atoms with Crippen molar-refractivity contribution in [1.82, 2.24) is 15.1 Å². The van der Waals surface area contributed by atoms with Gasteiger partial charge in [-0.25, -0.2) is 4.79 Å². The van der Waals surface area contributed by atoms with E-state index in [1.165, 1.54) is 21.6 Å². The number of benzene rings is 6. The van der Waals surface area contributed by atoms with Gasteiger partial charge in [0.2, 0.25) is 11.8 Å². The number of nitriles is 1. The molecule has 1 heterocycles. The van der Waals surface area contributed by atoms with Crippen LogP contribution in [0.2, 0.25) is 0 Å². The Labute approximate surface area is 366 Å². The van der Waals surface area contributed by atoms with Crippen LogP contribution in [0.4, 0.5) is 4.79 Å². The second-order valence-electron chi connectivity index (χ2n) is 16.5. The molecule has 312 valence electrons. The standard InChI is InChI=1S/C52H48N4O5S/c1-51(2,62-52(37-16-6-3-7-17-37,38-18-8-4-9-19-38)39-20-10-5-11-21-39)47(56(50(60)61)34-45-43-24-14-12-22-41(43)42-23-13-15-25-44(42)45)49(59)55-33-40(57)30-46(55)48(58)54-32-36-28-26-35(31-53)27-29-36/h3-29,40,45-47,57H,30,32-34H2,1-2H3,(H,54,58)(H,60,61)/t40-,46+,47-/m1/s1. The van der Waals surface area contributed by atoms with Crippen molar-refractivity contribution < 1.29 is 24.6 Å². The predicted molar refractivity (Wildman–Crippen MR) is 242 cm³/mol. The zero-order valence-corrected chi connectivity index (χ0v) is 35.4. The molecule has 1 aliphatic carbocycles. The van der Waals surface area contributed by atoms with E-state index in [1.54, 1.807) is 24.3 Å². The SMILES string of the molecule is CC(C)(SC(c1ccccc1)(c1ccccc1)c1ccccc1)[C@@H](C(=O)N1C[C@H](O)C[C@H]1C(=O)NCc1ccc(C#N)cc1)N(CC1c2ccccc2-c2ccccc21)C(=O)O. The van der Waals surface area contributed by atoms with E-state index in [4.69, 9.17) is 0 Å². The summed E-state index contributed by atoms with van der Waals surface area (Å²) in [4.78, 5) is 46.6. The predicted octanol–water partition coefficient (Wildman–Crippen LogP) is 8.80. The van der Waals surface area contributed by atoms with Crippen LogP contribution in [0.1, 0.15) is 65.1 Å². The lowest BCUT2D eigenvalue weighted by Crippen LogP contribution is -2.62. The highest BCUT2D eigenvalue weighted by Crippen LogP contribution is 2.55. The summed E-state index contributed by atoms with van der Waals surface area (Å²) in [5, 5.41) is 34.8. The van der Waals surface area contributed by atoms with Gasteiger partial charge in [0.1, 0.15) is 12.1 Å². The number of aliphatic hydroxyl groups is 1. The molecule has 62 heavy (non-hydrogen) atoms. The van der Waals surface area contributed by atoms with Gasteiger partial charge in [-0.15, -0.1) is 11.8 Å². The summed E-state index contributed by atoms with van der Waals surface area (Å²) in [5.74, 6) is -1.41. The maximum absolute atomic E-state index is 15.8. The molecule has 0 aromatic heterocycles. The number of nitrogens with one attached hydrogen (secondary N) is 1. The van der Waals surface area contributed by atoms with Crippen molar-refractivity contribution in [1.29, 1.82) is 5.26 Å². The fraction of sp³-hybridized carbons (Fsp3) is 0.231. The van der Waals surface area contributed by atoms with Crippen LogP contribution in [0, 0.1) is 11.3 Å². The first-order valence-corrected chi connectivity index (χ1v) is 21.6. The molecular weight excluding hydrogens is 793 g/mol. The van der Waals surface area contributed by atoms with Crippen molar-refractivity contribution in [3.05, 3.63) is 203 Å². The van der Waals surface area contributed by atoms with Crippen molar-refractivity contribution >= 4 is 29.7 Å². The number of hydrogen-bond acceptors (Lipinski definition) is 6. The number of carbonyl (C=O) groups is 3. The van der Waals surface area contributed by atoms with E-state index < -0.39 is 45.6 Å². The lowest BCUT2D eigenvalue weighted by atomic mass is 9.84. The number of fused-ring (bicyclic) bond motifs is 3. The third-order valence-electron chi connectivity index (χ3n) is 12.2. The van der Waals surface area contributed by atoms with Gasteiger partial charge in [-0.2, -0.15) is 5.26 Å². The Morgan fingerprint density at radius 3 is 1.73 bits per heavy atom. The monoisotopic (exact) mass is 840 g/mol. The van der Waals surface area contributed by atoms with Gasteiger partial charge in [-0.05, 0) is 70.5 Å². The van der Waals surface area contributed by atoms with Gasteiger partial charge in [0.25, 0.3) is 0 Å². The number of β-amino-alcohol motifs (C(OH)–C–C–N with tert-alkyl or cyclic N) is 1. The van der Waals surface area contributed by atoms with Crippen molar-refractivity contribution in [3.8, 4) is 17.2 Å². The van der Waals surface area contributed by atoms with Crippen LogP contribution in [-0.2, 0) is 20.9 Å². The quantitative estimate of drug-likeness (QED) is 0.0991. The Balaban J connectivity index is 1.25. The zero-order chi connectivity index (χ0) is 43.4. The van der Waals surface area contributed by atoms with Crippen LogP contribution in [0.15, 0.2) is 164 Å². The summed E-state index contributed by atoms with van der Waals surface area (Å²) in [6.07, 6.45) is -2.29. The van der Waals surface area contributed by atoms with Gasteiger partial charge in [0.05, 0.1) is 22.5 Å². The molecule has 8 rings (SSSR count). The fourth-order valence-corrected chi connectivity index (χ4v) is 11.3. The number of aliphatic hydroxyl groups excluding tert-OH is 1. The molecule has 6 aromatic rings. The van der Waals surface area contributed by atoms with Gasteiger partial charge in [0, 0.05) is 36.7 Å². The molecule has 1 aliphatic heterocycles. The van der Waals surface area contributed by atoms with Crippen molar-refractivity contribution in [2.75, 3.05) is 13.1 Å². The molecule has 1 fully saturated rings. The van der Waals surface area contributed by atoms with E-state index in [1.807, 2.05) is 117 Å². The Bertz CT molecular complexity index is 2460. The Hall–Kier alpha value is -6.67. The Morgan fingerprint density at radius 1 is 0.758 bits per heavy atom. The highest BCUT2D eigenvalue weighted by Gasteiger charge is 2.53. The summed E-state index contributed by atoms with van der Waals surface area (Å²) in [5.41, 5.74) is 8.07. The van der Waals surface area contributed by atoms with Crippen LogP contribution in [-0.4, -0.2) is 73.9 Å². The maximum atomic E-state index is 15.8. The molecule has 0 bridgehead atoms. The van der Waals surface area contributed by atoms with Gasteiger partial charge >= 0.3 is 6.09 Å². The van der Waals surface area contributed by atoms with E-state index in [9.17, 15) is 25.1 Å². The van der Waals surface area contributed by atoms with E-state index in [-0.39, 0.29) is 32.0 Å². The number of rotatable bonds is 13. The minimum absolute atomic E-state index is 0.0103. The van der Waals surface area contributed by atoms with E-state index in [0.717, 1.165) is 44.5 Å². The number of carboxylic acid groups (broad SMARTS) is 1. The maximum Gasteiger partial charge on any atom is 0.408 e. The molecule has 0 radical (unpaired) electrons.